The van der Waals surface area contributed by atoms with Crippen LogP contribution >= 0.6 is 0 Å². The maximum Gasteiger partial charge on any atom is 0.387 e. The Morgan fingerprint density at radius 2 is 1.96 bits per heavy atom. The molecular formula is C19H16F2N2O2. The fourth-order valence-electron chi connectivity index (χ4n) is 2.25. The van der Waals surface area contributed by atoms with E-state index in [9.17, 15) is 18.8 Å². The number of rotatable bonds is 5. The topological polar surface area (TPSA) is 62.1 Å². The number of alkyl halides is 2. The maximum absolute atomic E-state index is 12.5. The normalized spacial score (nSPS) is 11.1. The molecule has 6 heteroatoms. The third-order valence-corrected chi connectivity index (χ3v) is 3.43. The van der Waals surface area contributed by atoms with Gasteiger partial charge in [0.1, 0.15) is 17.4 Å². The number of hydrogen-bond acceptors (Lipinski definition) is 3. The summed E-state index contributed by atoms with van der Waals surface area (Å²) in [5.41, 5.74) is 2.48. The highest BCUT2D eigenvalue weighted by molar-refractivity contribution is 6.10. The van der Waals surface area contributed by atoms with Crippen molar-refractivity contribution in [3.63, 3.8) is 0 Å². The average molecular weight is 342 g/mol. The second-order valence-corrected chi connectivity index (χ2v) is 5.36. The molecule has 0 atom stereocenters. The van der Waals surface area contributed by atoms with E-state index in [0.29, 0.717) is 5.69 Å². The van der Waals surface area contributed by atoms with Crippen LogP contribution in [0.4, 0.5) is 14.5 Å². The first-order valence-corrected chi connectivity index (χ1v) is 7.45. The summed E-state index contributed by atoms with van der Waals surface area (Å²) in [4.78, 5) is 12.3. The Morgan fingerprint density at radius 3 is 2.60 bits per heavy atom. The van der Waals surface area contributed by atoms with Crippen molar-refractivity contribution in [2.45, 2.75) is 20.5 Å². The molecular weight excluding hydrogens is 326 g/mol. The third kappa shape index (κ3) is 4.88. The molecule has 0 heterocycles. The van der Waals surface area contributed by atoms with Gasteiger partial charge in [0.25, 0.3) is 5.91 Å². The highest BCUT2D eigenvalue weighted by Crippen LogP contribution is 2.23. The number of nitrogens with one attached hydrogen (secondary N) is 1. The lowest BCUT2D eigenvalue weighted by Crippen LogP contribution is -2.14. The number of nitrogens with zero attached hydrogens (tertiary/aromatic N) is 1. The van der Waals surface area contributed by atoms with E-state index < -0.39 is 12.5 Å². The average Bonchev–Trinajstić information content (AvgIpc) is 2.56. The minimum atomic E-state index is -3.00. The molecule has 1 N–H and O–H groups in total. The number of aryl methyl sites for hydroxylation is 2. The molecule has 0 aliphatic rings. The van der Waals surface area contributed by atoms with Crippen molar-refractivity contribution in [1.29, 1.82) is 5.26 Å². The predicted molar refractivity (Wildman–Crippen MR) is 91.2 cm³/mol. The summed E-state index contributed by atoms with van der Waals surface area (Å²) >= 11 is 0. The van der Waals surface area contributed by atoms with Crippen molar-refractivity contribution in [2.24, 2.45) is 0 Å². The molecule has 2 rings (SSSR count). The fourth-order valence-corrected chi connectivity index (χ4v) is 2.25. The van der Waals surface area contributed by atoms with Gasteiger partial charge in [-0.05, 0) is 37.6 Å². The number of hydrogen-bond donors (Lipinski definition) is 1. The minimum absolute atomic E-state index is 0.107. The van der Waals surface area contributed by atoms with Crippen LogP contribution in [0.1, 0.15) is 16.7 Å². The number of para-hydroxylation sites is 1. The van der Waals surface area contributed by atoms with Crippen molar-refractivity contribution >= 4 is 17.7 Å². The summed E-state index contributed by atoms with van der Waals surface area (Å²) in [5, 5.41) is 11.9. The van der Waals surface area contributed by atoms with Crippen molar-refractivity contribution in [2.75, 3.05) is 5.32 Å². The van der Waals surface area contributed by atoms with Crippen LogP contribution in [0.3, 0.4) is 0 Å². The second kappa shape index (κ2) is 8.06. The van der Waals surface area contributed by atoms with Gasteiger partial charge in [0.2, 0.25) is 0 Å². The molecule has 2 aromatic carbocycles. The number of benzene rings is 2. The first-order chi connectivity index (χ1) is 11.9. The maximum atomic E-state index is 12.5. The van der Waals surface area contributed by atoms with Gasteiger partial charge in [-0.3, -0.25) is 4.79 Å². The van der Waals surface area contributed by atoms with Gasteiger partial charge in [0, 0.05) is 11.3 Å². The molecule has 0 fully saturated rings. The van der Waals surface area contributed by atoms with Crippen molar-refractivity contribution < 1.29 is 18.3 Å². The Balaban J connectivity index is 2.28. The summed E-state index contributed by atoms with van der Waals surface area (Å²) in [5.74, 6) is -0.731. The van der Waals surface area contributed by atoms with Gasteiger partial charge in [0.05, 0.1) is 0 Å². The summed E-state index contributed by atoms with van der Waals surface area (Å²) in [6.07, 6.45) is 1.22. The second-order valence-electron chi connectivity index (χ2n) is 5.36. The Labute approximate surface area is 144 Å². The van der Waals surface area contributed by atoms with Gasteiger partial charge < -0.3 is 10.1 Å². The smallest absolute Gasteiger partial charge is 0.387 e. The van der Waals surface area contributed by atoms with Gasteiger partial charge in [-0.1, -0.05) is 35.9 Å². The van der Waals surface area contributed by atoms with E-state index in [0.717, 1.165) is 11.1 Å². The third-order valence-electron chi connectivity index (χ3n) is 3.43. The number of halogens is 2. The van der Waals surface area contributed by atoms with Crippen molar-refractivity contribution in [3.8, 4) is 11.8 Å². The van der Waals surface area contributed by atoms with E-state index >= 15 is 0 Å². The Bertz CT molecular complexity index is 855. The standard InChI is InChI=1S/C19H16F2N2O2/c1-12-7-8-16(13(2)9-12)23-18(24)15(11-22)10-14-5-3-4-6-17(14)25-19(20)21/h3-10,19H,1-2H3,(H,23,24)/b15-10+. The molecule has 2 aromatic rings. The van der Waals surface area contributed by atoms with Crippen molar-refractivity contribution in [3.05, 3.63) is 64.7 Å². The van der Waals surface area contributed by atoms with E-state index in [1.54, 1.807) is 18.2 Å². The minimum Gasteiger partial charge on any atom is -0.434 e. The van der Waals surface area contributed by atoms with E-state index in [-0.39, 0.29) is 16.9 Å². The van der Waals surface area contributed by atoms with E-state index in [1.165, 1.54) is 24.3 Å². The first-order valence-electron chi connectivity index (χ1n) is 7.45. The lowest BCUT2D eigenvalue weighted by molar-refractivity contribution is -0.112. The van der Waals surface area contributed by atoms with Crippen LogP contribution in [0.15, 0.2) is 48.0 Å². The summed E-state index contributed by atoms with van der Waals surface area (Å²) in [6.45, 7) is 0.771. The van der Waals surface area contributed by atoms with E-state index in [4.69, 9.17) is 0 Å². The highest BCUT2D eigenvalue weighted by atomic mass is 19.3. The summed E-state index contributed by atoms with van der Waals surface area (Å²) in [6, 6.07) is 13.2. The molecule has 1 amide bonds. The summed E-state index contributed by atoms with van der Waals surface area (Å²) in [7, 11) is 0. The van der Waals surface area contributed by atoms with Crippen LogP contribution in [0.5, 0.6) is 5.75 Å². The predicted octanol–water partition coefficient (Wildman–Crippen LogP) is 4.45. The van der Waals surface area contributed by atoms with Crippen LogP contribution in [0.2, 0.25) is 0 Å². The van der Waals surface area contributed by atoms with Gasteiger partial charge in [-0.25, -0.2) is 0 Å². The molecule has 4 nitrogen and oxygen atoms in total. The number of carbonyl (C=O) groups excluding carboxylic acids is 1. The van der Waals surface area contributed by atoms with Crippen LogP contribution in [0.25, 0.3) is 6.08 Å². The first kappa shape index (κ1) is 18.1. The quantitative estimate of drug-likeness (QED) is 0.645. The lowest BCUT2D eigenvalue weighted by atomic mass is 10.1. The zero-order chi connectivity index (χ0) is 18.4. The number of carbonyl (C=O) groups is 1. The molecule has 0 saturated heterocycles. The monoisotopic (exact) mass is 342 g/mol. The fraction of sp³-hybridized carbons (Fsp3) is 0.158. The highest BCUT2D eigenvalue weighted by Gasteiger charge is 2.13. The number of nitriles is 1. The Kier molecular flexibility index (Phi) is 5.85. The molecule has 25 heavy (non-hydrogen) atoms. The zero-order valence-electron chi connectivity index (χ0n) is 13.7. The van der Waals surface area contributed by atoms with Crippen LogP contribution < -0.4 is 10.1 Å². The van der Waals surface area contributed by atoms with Crippen LogP contribution in [0, 0.1) is 25.2 Å². The van der Waals surface area contributed by atoms with E-state index in [1.807, 2.05) is 26.0 Å². The number of ether oxygens (including phenoxy) is 1. The molecule has 0 saturated carbocycles. The molecule has 128 valence electrons. The molecule has 0 spiro atoms. The van der Waals surface area contributed by atoms with Gasteiger partial charge in [-0.2, -0.15) is 14.0 Å². The largest absolute Gasteiger partial charge is 0.434 e. The molecule has 0 radical (unpaired) electrons. The SMILES string of the molecule is Cc1ccc(NC(=O)/C(C#N)=C/c2ccccc2OC(F)F)c(C)c1. The molecule has 0 bridgehead atoms. The lowest BCUT2D eigenvalue weighted by Gasteiger charge is -2.10. The molecule has 0 aliphatic carbocycles. The van der Waals surface area contributed by atoms with Crippen molar-refractivity contribution in [1.82, 2.24) is 0 Å². The van der Waals surface area contributed by atoms with Gasteiger partial charge >= 0.3 is 6.61 Å². The molecule has 0 unspecified atom stereocenters. The van der Waals surface area contributed by atoms with Crippen LogP contribution in [-0.4, -0.2) is 12.5 Å². The molecule has 0 aromatic heterocycles. The number of anilines is 1. The van der Waals surface area contributed by atoms with Crippen LogP contribution in [-0.2, 0) is 4.79 Å². The van der Waals surface area contributed by atoms with Gasteiger partial charge in [-0.15, -0.1) is 0 Å². The van der Waals surface area contributed by atoms with Gasteiger partial charge in [0.15, 0.2) is 0 Å². The molecule has 0 aliphatic heterocycles. The zero-order valence-corrected chi connectivity index (χ0v) is 13.7. The van der Waals surface area contributed by atoms with E-state index in [2.05, 4.69) is 10.1 Å². The Hall–Kier alpha value is -3.20. The summed E-state index contributed by atoms with van der Waals surface area (Å²) < 4.78 is 29.3. The Morgan fingerprint density at radius 1 is 1.24 bits per heavy atom. The number of amides is 1.